The van der Waals surface area contributed by atoms with Gasteiger partial charge in [0.15, 0.2) is 0 Å². The summed E-state index contributed by atoms with van der Waals surface area (Å²) in [5.74, 6) is 0.694. The Bertz CT molecular complexity index is 997. The first-order valence-electron chi connectivity index (χ1n) is 9.05. The van der Waals surface area contributed by atoms with Gasteiger partial charge in [0.05, 0.1) is 13.7 Å². The number of fused-ring (bicyclic) bond motifs is 1. The van der Waals surface area contributed by atoms with Crippen LogP contribution in [0.1, 0.15) is 27.2 Å². The molecule has 4 rings (SSSR count). The number of benzene rings is 2. The van der Waals surface area contributed by atoms with E-state index in [1.54, 1.807) is 29.4 Å². The second-order valence-corrected chi connectivity index (χ2v) is 7.62. The number of carbonyl (C=O) groups excluding carboxylic acids is 2. The van der Waals surface area contributed by atoms with Crippen LogP contribution in [0.15, 0.2) is 60.0 Å². The van der Waals surface area contributed by atoms with Crippen LogP contribution < -0.4 is 15.0 Å². The van der Waals surface area contributed by atoms with Crippen molar-refractivity contribution >= 4 is 34.5 Å². The number of methoxy groups -OCH3 is 1. The number of hydrogen-bond acceptors (Lipinski definition) is 4. The van der Waals surface area contributed by atoms with Gasteiger partial charge in [-0.15, -0.1) is 11.3 Å². The van der Waals surface area contributed by atoms with Crippen LogP contribution in [0.5, 0.6) is 5.75 Å². The predicted octanol–water partition coefficient (Wildman–Crippen LogP) is 4.49. The van der Waals surface area contributed by atoms with Gasteiger partial charge in [0, 0.05) is 28.2 Å². The van der Waals surface area contributed by atoms with Gasteiger partial charge in [0.1, 0.15) is 5.75 Å². The van der Waals surface area contributed by atoms with Crippen LogP contribution >= 0.6 is 11.3 Å². The minimum Gasteiger partial charge on any atom is -0.497 e. The summed E-state index contributed by atoms with van der Waals surface area (Å²) in [6.45, 7) is 0.497. The molecule has 3 aromatic rings. The average molecular weight is 392 g/mol. The third-order valence-electron chi connectivity index (χ3n) is 4.77. The first-order valence-corrected chi connectivity index (χ1v) is 9.93. The Labute approximate surface area is 167 Å². The normalized spacial score (nSPS) is 12.8. The van der Waals surface area contributed by atoms with Gasteiger partial charge in [-0.2, -0.15) is 0 Å². The average Bonchev–Trinajstić information content (AvgIpc) is 3.24. The zero-order valence-corrected chi connectivity index (χ0v) is 16.3. The second kappa shape index (κ2) is 7.86. The van der Waals surface area contributed by atoms with E-state index in [0.717, 1.165) is 27.6 Å². The van der Waals surface area contributed by atoms with Gasteiger partial charge in [0.2, 0.25) is 5.91 Å². The standard InChI is InChI=1S/C22H20N2O3S/c1-27-18-8-6-17(7-9-18)24(14-19-3-2-12-28-19)22(26)16-4-10-20-15(13-16)5-11-21(25)23-20/h2-4,6-10,12-13H,5,11,14H2,1H3,(H,23,25). The molecule has 0 aliphatic carbocycles. The maximum atomic E-state index is 13.4. The molecular weight excluding hydrogens is 372 g/mol. The van der Waals surface area contributed by atoms with Crippen LogP contribution in [0.25, 0.3) is 0 Å². The van der Waals surface area contributed by atoms with Crippen molar-refractivity contribution in [3.63, 3.8) is 0 Å². The van der Waals surface area contributed by atoms with Crippen LogP contribution in [0, 0.1) is 0 Å². The van der Waals surface area contributed by atoms with Crippen molar-refractivity contribution < 1.29 is 14.3 Å². The lowest BCUT2D eigenvalue weighted by atomic mass is 10.00. The molecule has 0 bridgehead atoms. The SMILES string of the molecule is COc1ccc(N(Cc2cccs2)C(=O)c2ccc3c(c2)CCC(=O)N3)cc1. The summed E-state index contributed by atoms with van der Waals surface area (Å²) in [6.07, 6.45) is 1.10. The van der Waals surface area contributed by atoms with Crippen molar-refractivity contribution in [2.75, 3.05) is 17.3 Å². The van der Waals surface area contributed by atoms with Gasteiger partial charge in [-0.05, 0) is 65.9 Å². The number of amides is 2. The van der Waals surface area contributed by atoms with Crippen LogP contribution in [-0.4, -0.2) is 18.9 Å². The van der Waals surface area contributed by atoms with Crippen molar-refractivity contribution in [1.29, 1.82) is 0 Å². The smallest absolute Gasteiger partial charge is 0.258 e. The van der Waals surface area contributed by atoms with Gasteiger partial charge in [-0.1, -0.05) is 6.07 Å². The number of ether oxygens (including phenoxy) is 1. The zero-order chi connectivity index (χ0) is 19.5. The fraction of sp³-hybridized carbons (Fsp3) is 0.182. The molecule has 0 fully saturated rings. The number of aryl methyl sites for hydroxylation is 1. The molecule has 142 valence electrons. The fourth-order valence-corrected chi connectivity index (χ4v) is 3.97. The number of nitrogens with one attached hydrogen (secondary N) is 1. The van der Waals surface area contributed by atoms with Gasteiger partial charge < -0.3 is 15.0 Å². The monoisotopic (exact) mass is 392 g/mol. The zero-order valence-electron chi connectivity index (χ0n) is 15.5. The molecular formula is C22H20N2O3S. The predicted molar refractivity (Wildman–Crippen MR) is 111 cm³/mol. The number of nitrogens with zero attached hydrogens (tertiary/aromatic N) is 1. The number of anilines is 2. The topological polar surface area (TPSA) is 58.6 Å². The van der Waals surface area contributed by atoms with E-state index < -0.39 is 0 Å². The first kappa shape index (κ1) is 18.3. The molecule has 2 aromatic carbocycles. The largest absolute Gasteiger partial charge is 0.497 e. The molecule has 2 heterocycles. The Hall–Kier alpha value is -3.12. The van der Waals surface area contributed by atoms with Gasteiger partial charge in [-0.3, -0.25) is 9.59 Å². The lowest BCUT2D eigenvalue weighted by Gasteiger charge is -2.24. The highest BCUT2D eigenvalue weighted by molar-refractivity contribution is 7.09. The molecule has 1 N–H and O–H groups in total. The summed E-state index contributed by atoms with van der Waals surface area (Å²) in [6, 6.07) is 17.0. The molecule has 6 heteroatoms. The summed E-state index contributed by atoms with van der Waals surface area (Å²) in [5.41, 5.74) is 3.21. The van der Waals surface area contributed by atoms with Crippen molar-refractivity contribution in [2.45, 2.75) is 19.4 Å². The fourth-order valence-electron chi connectivity index (χ4n) is 3.27. The molecule has 28 heavy (non-hydrogen) atoms. The van der Waals surface area contributed by atoms with Crippen LogP contribution in [0.3, 0.4) is 0 Å². The molecule has 1 aliphatic rings. The Morgan fingerprint density at radius 3 is 2.68 bits per heavy atom. The second-order valence-electron chi connectivity index (χ2n) is 6.59. The van der Waals surface area contributed by atoms with Crippen molar-refractivity contribution in [2.24, 2.45) is 0 Å². The first-order chi connectivity index (χ1) is 13.6. The van der Waals surface area contributed by atoms with E-state index in [1.807, 2.05) is 53.9 Å². The summed E-state index contributed by atoms with van der Waals surface area (Å²) >= 11 is 1.62. The maximum Gasteiger partial charge on any atom is 0.258 e. The van der Waals surface area contributed by atoms with E-state index in [9.17, 15) is 9.59 Å². The van der Waals surface area contributed by atoms with Crippen molar-refractivity contribution in [3.8, 4) is 5.75 Å². The van der Waals surface area contributed by atoms with Crippen LogP contribution in [-0.2, 0) is 17.8 Å². The van der Waals surface area contributed by atoms with E-state index in [-0.39, 0.29) is 11.8 Å². The Balaban J connectivity index is 1.67. The van der Waals surface area contributed by atoms with E-state index in [2.05, 4.69) is 5.32 Å². The third kappa shape index (κ3) is 3.77. The highest BCUT2D eigenvalue weighted by Crippen LogP contribution is 2.28. The van der Waals surface area contributed by atoms with Crippen molar-refractivity contribution in [3.05, 3.63) is 76.0 Å². The maximum absolute atomic E-state index is 13.4. The molecule has 0 atom stereocenters. The molecule has 0 radical (unpaired) electrons. The summed E-state index contributed by atoms with van der Waals surface area (Å²) in [5, 5.41) is 4.87. The Kier molecular flexibility index (Phi) is 5.12. The molecule has 1 aromatic heterocycles. The Morgan fingerprint density at radius 1 is 1.14 bits per heavy atom. The molecule has 5 nitrogen and oxygen atoms in total. The molecule has 0 saturated heterocycles. The Morgan fingerprint density at radius 2 is 1.96 bits per heavy atom. The van der Waals surface area contributed by atoms with E-state index in [0.29, 0.717) is 24.9 Å². The number of carbonyl (C=O) groups is 2. The van der Waals surface area contributed by atoms with Crippen LogP contribution in [0.2, 0.25) is 0 Å². The summed E-state index contributed by atoms with van der Waals surface area (Å²) in [7, 11) is 1.62. The summed E-state index contributed by atoms with van der Waals surface area (Å²) in [4.78, 5) is 27.8. The highest BCUT2D eigenvalue weighted by atomic mass is 32.1. The van der Waals surface area contributed by atoms with Crippen LogP contribution in [0.4, 0.5) is 11.4 Å². The lowest BCUT2D eigenvalue weighted by Crippen LogP contribution is -2.30. The number of rotatable bonds is 5. The van der Waals surface area contributed by atoms with Gasteiger partial charge in [0.25, 0.3) is 5.91 Å². The molecule has 0 spiro atoms. The molecule has 2 amide bonds. The molecule has 0 unspecified atom stereocenters. The molecule has 0 saturated carbocycles. The summed E-state index contributed by atoms with van der Waals surface area (Å²) < 4.78 is 5.23. The van der Waals surface area contributed by atoms with Gasteiger partial charge >= 0.3 is 0 Å². The minimum atomic E-state index is -0.0710. The lowest BCUT2D eigenvalue weighted by molar-refractivity contribution is -0.116. The quantitative estimate of drug-likeness (QED) is 0.696. The molecule has 1 aliphatic heterocycles. The highest BCUT2D eigenvalue weighted by Gasteiger charge is 2.22. The van der Waals surface area contributed by atoms with Crippen molar-refractivity contribution in [1.82, 2.24) is 0 Å². The third-order valence-corrected chi connectivity index (χ3v) is 5.63. The van der Waals surface area contributed by atoms with E-state index in [4.69, 9.17) is 4.74 Å². The van der Waals surface area contributed by atoms with Gasteiger partial charge in [-0.25, -0.2) is 0 Å². The number of hydrogen-bond donors (Lipinski definition) is 1. The number of thiophene rings is 1. The van der Waals surface area contributed by atoms with E-state index >= 15 is 0 Å². The van der Waals surface area contributed by atoms with E-state index in [1.165, 1.54) is 0 Å². The minimum absolute atomic E-state index is 0.0177.